The number of hydrogen-bond donors (Lipinski definition) is 0. The number of aromatic nitrogens is 1. The summed E-state index contributed by atoms with van der Waals surface area (Å²) >= 11 is 0. The molecule has 0 aliphatic carbocycles. The van der Waals surface area contributed by atoms with Crippen LogP contribution in [0.2, 0.25) is 0 Å². The molecule has 18 heavy (non-hydrogen) atoms. The molecule has 98 valence electrons. The van der Waals surface area contributed by atoms with Gasteiger partial charge >= 0.3 is 5.97 Å². The first-order valence-corrected chi connectivity index (χ1v) is 6.82. The molecule has 1 aliphatic heterocycles. The molecule has 3 nitrogen and oxygen atoms in total. The molecule has 0 aromatic carbocycles. The van der Waals surface area contributed by atoms with Crippen molar-refractivity contribution in [3.05, 3.63) is 36.2 Å². The molecule has 0 amide bonds. The van der Waals surface area contributed by atoms with Crippen molar-refractivity contribution in [2.75, 3.05) is 0 Å². The summed E-state index contributed by atoms with van der Waals surface area (Å²) in [6.07, 6.45) is 11.1. The maximum atomic E-state index is 10.9. The van der Waals surface area contributed by atoms with Crippen LogP contribution in [0.15, 0.2) is 30.5 Å². The van der Waals surface area contributed by atoms with Crippen molar-refractivity contribution in [3.63, 3.8) is 0 Å². The van der Waals surface area contributed by atoms with Gasteiger partial charge in [-0.2, -0.15) is 0 Å². The highest BCUT2D eigenvalue weighted by atomic mass is 16.5. The van der Waals surface area contributed by atoms with E-state index in [9.17, 15) is 4.79 Å². The lowest BCUT2D eigenvalue weighted by Crippen LogP contribution is -2.09. The number of hydrogen-bond acceptors (Lipinski definition) is 2. The van der Waals surface area contributed by atoms with E-state index < -0.39 is 0 Å². The summed E-state index contributed by atoms with van der Waals surface area (Å²) in [5.74, 6) is -0.204. The molecule has 1 aliphatic rings. The molecule has 0 radical (unpaired) electrons. The quantitative estimate of drug-likeness (QED) is 0.693. The van der Waals surface area contributed by atoms with Crippen LogP contribution in [0, 0.1) is 0 Å². The van der Waals surface area contributed by atoms with Gasteiger partial charge in [-0.15, -0.1) is 0 Å². The van der Waals surface area contributed by atoms with E-state index in [4.69, 9.17) is 4.74 Å². The Morgan fingerprint density at radius 1 is 1.39 bits per heavy atom. The molecule has 1 aromatic heterocycles. The molecule has 3 heteroatoms. The largest absolute Gasteiger partial charge is 0.455 e. The van der Waals surface area contributed by atoms with Gasteiger partial charge in [0.2, 0.25) is 0 Å². The van der Waals surface area contributed by atoms with E-state index in [2.05, 4.69) is 29.8 Å². The smallest absolute Gasteiger partial charge is 0.331 e. The lowest BCUT2D eigenvalue weighted by atomic mass is 10.2. The van der Waals surface area contributed by atoms with Gasteiger partial charge in [0.15, 0.2) is 0 Å². The molecule has 0 saturated carbocycles. The van der Waals surface area contributed by atoms with Crippen LogP contribution in [-0.4, -0.2) is 16.6 Å². The fraction of sp³-hybridized carbons (Fsp3) is 0.533. The number of ether oxygens (including phenoxy) is 1. The normalized spacial score (nSPS) is 18.3. The minimum absolute atomic E-state index is 0.00726. The first kappa shape index (κ1) is 12.9. The van der Waals surface area contributed by atoms with Crippen molar-refractivity contribution in [1.82, 2.24) is 4.57 Å². The molecule has 0 saturated heterocycles. The van der Waals surface area contributed by atoms with E-state index in [-0.39, 0.29) is 12.1 Å². The second kappa shape index (κ2) is 6.43. The van der Waals surface area contributed by atoms with Gasteiger partial charge in [0, 0.05) is 24.5 Å². The number of unbranched alkanes of at least 4 members (excludes halogenated alkanes) is 1. The first-order valence-electron chi connectivity index (χ1n) is 6.82. The van der Waals surface area contributed by atoms with Gasteiger partial charge in [0.1, 0.15) is 6.10 Å². The van der Waals surface area contributed by atoms with Crippen molar-refractivity contribution in [3.8, 4) is 0 Å². The van der Waals surface area contributed by atoms with Crippen LogP contribution in [0.3, 0.4) is 0 Å². The molecule has 1 unspecified atom stereocenters. The monoisotopic (exact) mass is 247 g/mol. The number of esters is 1. The van der Waals surface area contributed by atoms with Gasteiger partial charge in [-0.1, -0.05) is 13.3 Å². The molecular formula is C15H21NO2. The van der Waals surface area contributed by atoms with Crippen LogP contribution < -0.4 is 0 Å². The fourth-order valence-electron chi connectivity index (χ4n) is 2.28. The molecule has 2 heterocycles. The van der Waals surface area contributed by atoms with Crippen molar-refractivity contribution >= 4 is 5.97 Å². The van der Waals surface area contributed by atoms with E-state index in [0.29, 0.717) is 0 Å². The third kappa shape index (κ3) is 3.49. The predicted molar refractivity (Wildman–Crippen MR) is 71.3 cm³/mol. The van der Waals surface area contributed by atoms with Crippen molar-refractivity contribution in [1.29, 1.82) is 0 Å². The Hall–Kier alpha value is -1.51. The maximum Gasteiger partial charge on any atom is 0.331 e. The minimum atomic E-state index is -0.204. The number of cyclic esters (lactones) is 1. The summed E-state index contributed by atoms with van der Waals surface area (Å²) < 4.78 is 7.43. The maximum absolute atomic E-state index is 10.9. The zero-order valence-corrected chi connectivity index (χ0v) is 11.0. The van der Waals surface area contributed by atoms with Crippen molar-refractivity contribution in [2.45, 2.75) is 51.7 Å². The topological polar surface area (TPSA) is 31.2 Å². The van der Waals surface area contributed by atoms with Crippen LogP contribution in [0.25, 0.3) is 0 Å². The molecular weight excluding hydrogens is 226 g/mol. The standard InChI is InChI=1S/C15H21NO2/c1-2-3-6-13-7-4-11-16(13)12-5-8-14-9-10-15(17)18-14/h4,7,9-11,14H,2-3,5-6,8,12H2,1H3. The van der Waals surface area contributed by atoms with Crippen LogP contribution in [0.5, 0.6) is 0 Å². The number of carbonyl (C=O) groups excluding carboxylic acids is 1. The zero-order chi connectivity index (χ0) is 12.8. The number of rotatable bonds is 7. The van der Waals surface area contributed by atoms with Gasteiger partial charge in [0.05, 0.1) is 0 Å². The Balaban J connectivity index is 1.74. The van der Waals surface area contributed by atoms with Gasteiger partial charge in [0.25, 0.3) is 0 Å². The Labute approximate surface area is 108 Å². The van der Waals surface area contributed by atoms with E-state index in [1.54, 1.807) is 0 Å². The van der Waals surface area contributed by atoms with E-state index in [1.165, 1.54) is 24.6 Å². The summed E-state index contributed by atoms with van der Waals surface area (Å²) in [5, 5.41) is 0. The molecule has 2 rings (SSSR count). The van der Waals surface area contributed by atoms with E-state index >= 15 is 0 Å². The van der Waals surface area contributed by atoms with E-state index in [0.717, 1.165) is 25.8 Å². The van der Waals surface area contributed by atoms with Crippen molar-refractivity contribution < 1.29 is 9.53 Å². The number of nitrogens with zero attached hydrogens (tertiary/aromatic N) is 1. The fourth-order valence-corrected chi connectivity index (χ4v) is 2.28. The second-order valence-electron chi connectivity index (χ2n) is 4.77. The molecule has 0 bridgehead atoms. The van der Waals surface area contributed by atoms with Gasteiger partial charge in [-0.25, -0.2) is 4.79 Å². The van der Waals surface area contributed by atoms with Gasteiger partial charge < -0.3 is 9.30 Å². The van der Waals surface area contributed by atoms with Gasteiger partial charge in [-0.3, -0.25) is 0 Å². The SMILES string of the molecule is CCCCc1cccn1CCCC1C=CC(=O)O1. The Morgan fingerprint density at radius 2 is 2.28 bits per heavy atom. The summed E-state index contributed by atoms with van der Waals surface area (Å²) in [6, 6.07) is 4.31. The first-order chi connectivity index (χ1) is 8.79. The zero-order valence-electron chi connectivity index (χ0n) is 11.0. The van der Waals surface area contributed by atoms with Gasteiger partial charge in [-0.05, 0) is 43.9 Å². The number of carbonyl (C=O) groups is 1. The Morgan fingerprint density at radius 3 is 3.00 bits per heavy atom. The lowest BCUT2D eigenvalue weighted by Gasteiger charge is -2.11. The minimum Gasteiger partial charge on any atom is -0.455 e. The molecule has 0 N–H and O–H groups in total. The highest BCUT2D eigenvalue weighted by Gasteiger charge is 2.15. The lowest BCUT2D eigenvalue weighted by molar-refractivity contribution is -0.138. The Bertz CT molecular complexity index is 420. The Kier molecular flexibility index (Phi) is 4.62. The average molecular weight is 247 g/mol. The van der Waals surface area contributed by atoms with Crippen LogP contribution in [0.4, 0.5) is 0 Å². The highest BCUT2D eigenvalue weighted by Crippen LogP contribution is 2.13. The predicted octanol–water partition coefficient (Wildman–Crippen LogP) is 3.09. The average Bonchev–Trinajstić information content (AvgIpc) is 2.96. The van der Waals surface area contributed by atoms with Crippen LogP contribution >= 0.6 is 0 Å². The molecule has 0 spiro atoms. The van der Waals surface area contributed by atoms with E-state index in [1.807, 2.05) is 6.08 Å². The molecule has 1 aromatic rings. The second-order valence-corrected chi connectivity index (χ2v) is 4.77. The third-order valence-corrected chi connectivity index (χ3v) is 3.31. The van der Waals surface area contributed by atoms with Crippen LogP contribution in [-0.2, 0) is 22.5 Å². The third-order valence-electron chi connectivity index (χ3n) is 3.31. The van der Waals surface area contributed by atoms with Crippen LogP contribution in [0.1, 0.15) is 38.3 Å². The molecule has 0 fully saturated rings. The summed E-state index contributed by atoms with van der Waals surface area (Å²) in [7, 11) is 0. The molecule has 1 atom stereocenters. The summed E-state index contributed by atoms with van der Waals surface area (Å²) in [5.41, 5.74) is 1.41. The highest BCUT2D eigenvalue weighted by molar-refractivity contribution is 5.84. The summed E-state index contributed by atoms with van der Waals surface area (Å²) in [4.78, 5) is 10.9. The summed E-state index contributed by atoms with van der Waals surface area (Å²) in [6.45, 7) is 3.22. The number of aryl methyl sites for hydroxylation is 2. The van der Waals surface area contributed by atoms with Crippen molar-refractivity contribution in [2.24, 2.45) is 0 Å².